The van der Waals surface area contributed by atoms with Crippen molar-refractivity contribution in [1.82, 2.24) is 15.8 Å². The lowest BCUT2D eigenvalue weighted by Gasteiger charge is -2.22. The standard InChI is InChI=1S/C20H17F2N3O7S/c1-20(13-5-3-2-4-6-13)17(28)25(19(29)23-20)24-15(26)11-32-16(27)12-7-9-14(10-8-12)33(30,31)18(21)22/h2-10,18H,11H2,1H3,(H,23,29)(H,24,26)/t20-/m0/s1. The Kier molecular flexibility index (Phi) is 6.44. The minimum atomic E-state index is -4.82. The van der Waals surface area contributed by atoms with Gasteiger partial charge in [-0.2, -0.15) is 13.8 Å². The number of carbonyl (C=O) groups is 4. The van der Waals surface area contributed by atoms with E-state index in [1.807, 2.05) is 5.43 Å². The molecule has 2 aromatic carbocycles. The maximum Gasteiger partial charge on any atom is 0.344 e. The molecule has 1 atom stereocenters. The second-order valence-corrected chi connectivity index (χ2v) is 8.92. The number of ether oxygens (including phenoxy) is 1. The van der Waals surface area contributed by atoms with Gasteiger partial charge in [0.25, 0.3) is 11.8 Å². The number of nitrogens with zero attached hydrogens (tertiary/aromatic N) is 1. The summed E-state index contributed by atoms with van der Waals surface area (Å²) in [6.45, 7) is 0.585. The quantitative estimate of drug-likeness (QED) is 0.449. The van der Waals surface area contributed by atoms with Crippen LogP contribution in [-0.4, -0.2) is 49.6 Å². The van der Waals surface area contributed by atoms with Crippen LogP contribution in [0.3, 0.4) is 0 Å². The number of hydrogen-bond acceptors (Lipinski definition) is 7. The molecule has 3 rings (SSSR count). The number of amides is 4. The summed E-state index contributed by atoms with van der Waals surface area (Å²) < 4.78 is 52.7. The summed E-state index contributed by atoms with van der Waals surface area (Å²) in [5.41, 5.74) is 0.914. The van der Waals surface area contributed by atoms with Crippen molar-refractivity contribution in [3.8, 4) is 0 Å². The highest BCUT2D eigenvalue weighted by atomic mass is 32.2. The Morgan fingerprint density at radius 3 is 2.27 bits per heavy atom. The number of urea groups is 1. The fraction of sp³-hybridized carbons (Fsp3) is 0.200. The van der Waals surface area contributed by atoms with E-state index in [4.69, 9.17) is 4.74 Å². The number of esters is 1. The van der Waals surface area contributed by atoms with Crippen LogP contribution >= 0.6 is 0 Å². The molecule has 2 aromatic rings. The Balaban J connectivity index is 1.60. The summed E-state index contributed by atoms with van der Waals surface area (Å²) in [5.74, 6) is -6.43. The molecular formula is C20H17F2N3O7S. The van der Waals surface area contributed by atoms with Gasteiger partial charge >= 0.3 is 17.8 Å². The highest BCUT2D eigenvalue weighted by Gasteiger charge is 2.50. The fourth-order valence-corrected chi connectivity index (χ4v) is 3.68. The van der Waals surface area contributed by atoms with E-state index in [1.165, 1.54) is 6.92 Å². The molecule has 0 radical (unpaired) electrons. The topological polar surface area (TPSA) is 139 Å². The molecule has 4 amide bonds. The van der Waals surface area contributed by atoms with Gasteiger partial charge in [0.05, 0.1) is 10.5 Å². The highest BCUT2D eigenvalue weighted by molar-refractivity contribution is 7.91. The molecule has 1 aliphatic rings. The van der Waals surface area contributed by atoms with E-state index in [0.29, 0.717) is 10.6 Å². The molecule has 1 heterocycles. The van der Waals surface area contributed by atoms with Crippen LogP contribution in [0.25, 0.3) is 0 Å². The van der Waals surface area contributed by atoms with Crippen LogP contribution in [0.2, 0.25) is 0 Å². The van der Waals surface area contributed by atoms with Crippen LogP contribution in [0.4, 0.5) is 13.6 Å². The second-order valence-electron chi connectivity index (χ2n) is 7.00. The smallest absolute Gasteiger partial charge is 0.344 e. The van der Waals surface area contributed by atoms with Crippen molar-refractivity contribution in [1.29, 1.82) is 0 Å². The molecule has 174 valence electrons. The van der Waals surface area contributed by atoms with Gasteiger partial charge in [0.15, 0.2) is 6.61 Å². The lowest BCUT2D eigenvalue weighted by atomic mass is 9.92. The van der Waals surface area contributed by atoms with E-state index in [1.54, 1.807) is 30.3 Å². The Bertz CT molecular complexity index is 1200. The molecular weight excluding hydrogens is 464 g/mol. The molecule has 0 aliphatic carbocycles. The zero-order valence-corrected chi connectivity index (χ0v) is 17.8. The summed E-state index contributed by atoms with van der Waals surface area (Å²) in [6.07, 6.45) is 0. The minimum absolute atomic E-state index is 0.206. The molecule has 0 aromatic heterocycles. The molecule has 33 heavy (non-hydrogen) atoms. The average Bonchev–Trinajstić information content (AvgIpc) is 3.01. The van der Waals surface area contributed by atoms with Gasteiger partial charge < -0.3 is 10.1 Å². The Morgan fingerprint density at radius 2 is 1.70 bits per heavy atom. The van der Waals surface area contributed by atoms with E-state index in [9.17, 15) is 36.4 Å². The van der Waals surface area contributed by atoms with Crippen molar-refractivity contribution in [2.45, 2.75) is 23.1 Å². The van der Waals surface area contributed by atoms with Gasteiger partial charge in [-0.15, -0.1) is 0 Å². The van der Waals surface area contributed by atoms with Crippen LogP contribution in [0.5, 0.6) is 0 Å². The minimum Gasteiger partial charge on any atom is -0.452 e. The Morgan fingerprint density at radius 1 is 1.09 bits per heavy atom. The Hall–Kier alpha value is -3.87. The summed E-state index contributed by atoms with van der Waals surface area (Å²) >= 11 is 0. The molecule has 1 aliphatic heterocycles. The van der Waals surface area contributed by atoms with Gasteiger partial charge in [0, 0.05) is 0 Å². The molecule has 0 unspecified atom stereocenters. The molecule has 1 saturated heterocycles. The predicted octanol–water partition coefficient (Wildman–Crippen LogP) is 1.34. The number of benzene rings is 2. The van der Waals surface area contributed by atoms with Gasteiger partial charge in [-0.3, -0.25) is 15.0 Å². The van der Waals surface area contributed by atoms with Crippen molar-refractivity contribution < 1.29 is 41.1 Å². The van der Waals surface area contributed by atoms with E-state index in [2.05, 4.69) is 5.32 Å². The molecule has 0 saturated carbocycles. The van der Waals surface area contributed by atoms with E-state index in [-0.39, 0.29) is 5.56 Å². The van der Waals surface area contributed by atoms with Gasteiger partial charge in [-0.25, -0.2) is 18.0 Å². The number of rotatable bonds is 7. The summed E-state index contributed by atoms with van der Waals surface area (Å²) in [7, 11) is -4.82. The number of carbonyl (C=O) groups excluding carboxylic acids is 4. The van der Waals surface area contributed by atoms with E-state index in [0.717, 1.165) is 24.3 Å². The van der Waals surface area contributed by atoms with Gasteiger partial charge in [-0.1, -0.05) is 30.3 Å². The Labute approximate surface area is 186 Å². The molecule has 2 N–H and O–H groups in total. The number of halogens is 2. The number of alkyl halides is 2. The number of imide groups is 1. The number of nitrogens with one attached hydrogen (secondary N) is 2. The number of sulfone groups is 1. The van der Waals surface area contributed by atoms with E-state index < -0.39 is 56.5 Å². The predicted molar refractivity (Wildman–Crippen MR) is 107 cm³/mol. The first-order valence-corrected chi connectivity index (χ1v) is 10.8. The van der Waals surface area contributed by atoms with Crippen LogP contribution in [0.1, 0.15) is 22.8 Å². The number of hydrogen-bond donors (Lipinski definition) is 2. The third-order valence-electron chi connectivity index (χ3n) is 4.77. The first-order chi connectivity index (χ1) is 15.5. The zero-order chi connectivity index (χ0) is 24.4. The molecule has 0 spiro atoms. The van der Waals surface area contributed by atoms with Crippen molar-refractivity contribution in [3.63, 3.8) is 0 Å². The van der Waals surface area contributed by atoms with Crippen LogP contribution < -0.4 is 10.7 Å². The van der Waals surface area contributed by atoms with Gasteiger partial charge in [-0.05, 0) is 36.8 Å². The monoisotopic (exact) mass is 481 g/mol. The van der Waals surface area contributed by atoms with Crippen molar-refractivity contribution in [3.05, 3.63) is 65.7 Å². The SMILES string of the molecule is C[C@@]1(c2ccccc2)NC(=O)N(NC(=O)COC(=O)c2ccc(S(=O)(=O)C(F)F)cc2)C1=O. The maximum absolute atomic E-state index is 12.7. The third-order valence-corrected chi connectivity index (χ3v) is 6.16. The third kappa shape index (κ3) is 4.67. The molecule has 1 fully saturated rings. The van der Waals surface area contributed by atoms with E-state index >= 15 is 0 Å². The molecule has 10 nitrogen and oxygen atoms in total. The first-order valence-electron chi connectivity index (χ1n) is 9.28. The van der Waals surface area contributed by atoms with Crippen molar-refractivity contribution >= 4 is 33.7 Å². The normalized spacial score (nSPS) is 18.2. The highest BCUT2D eigenvalue weighted by Crippen LogP contribution is 2.27. The van der Waals surface area contributed by atoms with Crippen molar-refractivity contribution in [2.24, 2.45) is 0 Å². The summed E-state index contributed by atoms with van der Waals surface area (Å²) in [6, 6.07) is 10.9. The van der Waals surface area contributed by atoms with Crippen LogP contribution in [0.15, 0.2) is 59.5 Å². The summed E-state index contributed by atoms with van der Waals surface area (Å²) in [5, 5.41) is 2.95. The molecule has 0 bridgehead atoms. The largest absolute Gasteiger partial charge is 0.452 e. The lowest BCUT2D eigenvalue weighted by Crippen LogP contribution is -2.49. The van der Waals surface area contributed by atoms with Gasteiger partial charge in [0.2, 0.25) is 9.84 Å². The van der Waals surface area contributed by atoms with Crippen LogP contribution in [0, 0.1) is 0 Å². The van der Waals surface area contributed by atoms with Crippen molar-refractivity contribution in [2.75, 3.05) is 6.61 Å². The zero-order valence-electron chi connectivity index (χ0n) is 16.9. The lowest BCUT2D eigenvalue weighted by molar-refractivity contribution is -0.140. The number of hydrazine groups is 1. The average molecular weight is 481 g/mol. The second kappa shape index (κ2) is 8.94. The fourth-order valence-electron chi connectivity index (χ4n) is 2.96. The first kappa shape index (κ1) is 23.8. The molecule has 13 heteroatoms. The summed E-state index contributed by atoms with van der Waals surface area (Å²) in [4.78, 5) is 48.4. The van der Waals surface area contributed by atoms with Crippen LogP contribution in [-0.2, 0) is 29.7 Å². The maximum atomic E-state index is 12.7. The van der Waals surface area contributed by atoms with Gasteiger partial charge in [0.1, 0.15) is 5.54 Å².